The minimum atomic E-state index is -0.389. The van der Waals surface area contributed by atoms with E-state index < -0.39 is 0 Å². The molecule has 1 N–H and O–H groups in total. The summed E-state index contributed by atoms with van der Waals surface area (Å²) in [5, 5.41) is 2.75. The molecular weight excluding hydrogens is 329 g/mol. The molecule has 19 heavy (non-hydrogen) atoms. The molecule has 1 aromatic carbocycles. The molecule has 0 saturated carbocycles. The van der Waals surface area contributed by atoms with Crippen LogP contribution in [0.1, 0.15) is 25.7 Å². The van der Waals surface area contributed by atoms with Crippen molar-refractivity contribution >= 4 is 38.9 Å². The van der Waals surface area contributed by atoms with Gasteiger partial charge in [0.05, 0.1) is 9.35 Å². The number of thiophene rings is 1. The molecule has 2 nitrogen and oxygen atoms in total. The first-order valence-electron chi connectivity index (χ1n) is 5.72. The van der Waals surface area contributed by atoms with E-state index in [1.807, 2.05) is 26.8 Å². The fourth-order valence-corrected chi connectivity index (χ4v) is 3.04. The average Bonchev–Trinajstić information content (AvgIpc) is 2.67. The van der Waals surface area contributed by atoms with E-state index in [1.165, 1.54) is 17.4 Å². The Labute approximate surface area is 123 Å². The van der Waals surface area contributed by atoms with E-state index in [4.69, 9.17) is 0 Å². The summed E-state index contributed by atoms with van der Waals surface area (Å²) >= 11 is 4.56. The molecule has 0 unspecified atom stereocenters. The zero-order chi connectivity index (χ0) is 14.2. The van der Waals surface area contributed by atoms with Crippen LogP contribution in [-0.4, -0.2) is 5.91 Å². The van der Waals surface area contributed by atoms with Crippen molar-refractivity contribution in [2.45, 2.75) is 20.8 Å². The Morgan fingerprint density at radius 2 is 1.89 bits per heavy atom. The monoisotopic (exact) mass is 341 g/mol. The number of anilines is 1. The smallest absolute Gasteiger partial charge is 0.265 e. The largest absolute Gasteiger partial charge is 0.321 e. The second kappa shape index (κ2) is 5.43. The number of amides is 1. The van der Waals surface area contributed by atoms with E-state index in [0.29, 0.717) is 15.0 Å². The van der Waals surface area contributed by atoms with Gasteiger partial charge in [-0.25, -0.2) is 4.39 Å². The third kappa shape index (κ3) is 3.04. The van der Waals surface area contributed by atoms with Gasteiger partial charge >= 0.3 is 0 Å². The molecule has 0 spiro atoms. The Hall–Kier alpha value is -1.20. The number of carbonyl (C=O) groups is 1. The van der Waals surface area contributed by atoms with Gasteiger partial charge in [-0.2, -0.15) is 0 Å². The van der Waals surface area contributed by atoms with Crippen molar-refractivity contribution in [3.8, 4) is 0 Å². The van der Waals surface area contributed by atoms with Gasteiger partial charge in [-0.1, -0.05) is 0 Å². The van der Waals surface area contributed by atoms with Crippen LogP contribution >= 0.6 is 27.3 Å². The lowest BCUT2D eigenvalue weighted by Gasteiger charge is -2.08. The normalized spacial score (nSPS) is 10.6. The molecule has 0 radical (unpaired) electrons. The van der Waals surface area contributed by atoms with E-state index in [2.05, 4.69) is 21.2 Å². The van der Waals surface area contributed by atoms with Crippen LogP contribution in [0.2, 0.25) is 0 Å². The van der Waals surface area contributed by atoms with Gasteiger partial charge < -0.3 is 5.32 Å². The minimum Gasteiger partial charge on any atom is -0.321 e. The van der Waals surface area contributed by atoms with Gasteiger partial charge in [0, 0.05) is 10.6 Å². The van der Waals surface area contributed by atoms with Crippen LogP contribution in [0.3, 0.4) is 0 Å². The molecule has 1 amide bonds. The first-order valence-corrected chi connectivity index (χ1v) is 7.33. The van der Waals surface area contributed by atoms with E-state index >= 15 is 0 Å². The fraction of sp³-hybridized carbons (Fsp3) is 0.214. The molecule has 1 heterocycles. The third-order valence-electron chi connectivity index (χ3n) is 2.91. The molecule has 2 rings (SSSR count). The molecule has 0 bridgehead atoms. The summed E-state index contributed by atoms with van der Waals surface area (Å²) in [6, 6.07) is 4.82. The molecule has 100 valence electrons. The summed E-state index contributed by atoms with van der Waals surface area (Å²) in [7, 11) is 0. The van der Waals surface area contributed by atoms with Gasteiger partial charge in [-0.05, 0) is 66.0 Å². The third-order valence-corrected chi connectivity index (χ3v) is 4.66. The van der Waals surface area contributed by atoms with E-state index in [1.54, 1.807) is 6.07 Å². The molecule has 0 saturated heterocycles. The maximum absolute atomic E-state index is 13.5. The van der Waals surface area contributed by atoms with Crippen molar-refractivity contribution in [2.24, 2.45) is 0 Å². The standard InChI is InChI=1S/C14H13BrFNOS/c1-7-5-13(19-9(7)3)14(18)17-12-6-11(16)10(15)4-8(12)2/h4-6H,1-3H3,(H,17,18). The zero-order valence-electron chi connectivity index (χ0n) is 10.8. The summed E-state index contributed by atoms with van der Waals surface area (Å²) in [4.78, 5) is 13.8. The van der Waals surface area contributed by atoms with Crippen LogP contribution < -0.4 is 5.32 Å². The Morgan fingerprint density at radius 1 is 1.21 bits per heavy atom. The van der Waals surface area contributed by atoms with Crippen LogP contribution in [0.5, 0.6) is 0 Å². The van der Waals surface area contributed by atoms with Crippen LogP contribution in [-0.2, 0) is 0 Å². The SMILES string of the molecule is Cc1cc(Br)c(F)cc1NC(=O)c1cc(C)c(C)s1. The maximum Gasteiger partial charge on any atom is 0.265 e. The highest BCUT2D eigenvalue weighted by molar-refractivity contribution is 9.10. The maximum atomic E-state index is 13.5. The van der Waals surface area contributed by atoms with Crippen molar-refractivity contribution < 1.29 is 9.18 Å². The highest BCUT2D eigenvalue weighted by Gasteiger charge is 2.13. The Bertz CT molecular complexity index is 632. The number of aryl methyl sites for hydroxylation is 3. The number of halogens is 2. The molecule has 0 atom stereocenters. The van der Waals surface area contributed by atoms with Gasteiger partial charge in [0.15, 0.2) is 0 Å². The zero-order valence-corrected chi connectivity index (χ0v) is 13.2. The second-order valence-corrected chi connectivity index (χ2v) is 6.50. The highest BCUT2D eigenvalue weighted by Crippen LogP contribution is 2.26. The Morgan fingerprint density at radius 3 is 2.47 bits per heavy atom. The summed E-state index contributed by atoms with van der Waals surface area (Å²) in [6.45, 7) is 5.76. The molecule has 2 aromatic rings. The quantitative estimate of drug-likeness (QED) is 0.832. The van der Waals surface area contributed by atoms with E-state index in [0.717, 1.165) is 16.0 Å². The van der Waals surface area contributed by atoms with Crippen molar-refractivity contribution in [2.75, 3.05) is 5.32 Å². The lowest BCUT2D eigenvalue weighted by molar-refractivity contribution is 0.103. The molecular formula is C14H13BrFNOS. The van der Waals surface area contributed by atoms with Gasteiger partial charge in [-0.3, -0.25) is 4.79 Å². The predicted molar refractivity (Wildman–Crippen MR) is 80.6 cm³/mol. The van der Waals surface area contributed by atoms with Crippen LogP contribution in [0, 0.1) is 26.6 Å². The number of hydrogen-bond acceptors (Lipinski definition) is 2. The lowest BCUT2D eigenvalue weighted by Crippen LogP contribution is -2.11. The average molecular weight is 342 g/mol. The molecule has 0 fully saturated rings. The molecule has 1 aromatic heterocycles. The number of hydrogen-bond donors (Lipinski definition) is 1. The van der Waals surface area contributed by atoms with Gasteiger partial charge in [0.2, 0.25) is 0 Å². The van der Waals surface area contributed by atoms with Gasteiger partial charge in [0.25, 0.3) is 5.91 Å². The van der Waals surface area contributed by atoms with E-state index in [-0.39, 0.29) is 11.7 Å². The lowest BCUT2D eigenvalue weighted by atomic mass is 10.2. The number of rotatable bonds is 2. The van der Waals surface area contributed by atoms with Crippen LogP contribution in [0.4, 0.5) is 10.1 Å². The summed E-state index contributed by atoms with van der Waals surface area (Å²) in [5.41, 5.74) is 2.40. The molecule has 5 heteroatoms. The number of benzene rings is 1. The van der Waals surface area contributed by atoms with Crippen LogP contribution in [0.15, 0.2) is 22.7 Å². The van der Waals surface area contributed by atoms with Crippen molar-refractivity contribution in [1.82, 2.24) is 0 Å². The topological polar surface area (TPSA) is 29.1 Å². The second-order valence-electron chi connectivity index (χ2n) is 4.39. The van der Waals surface area contributed by atoms with E-state index in [9.17, 15) is 9.18 Å². The molecule has 0 aliphatic rings. The summed E-state index contributed by atoms with van der Waals surface area (Å²) in [6.07, 6.45) is 0. The fourth-order valence-electron chi connectivity index (χ4n) is 1.65. The minimum absolute atomic E-state index is 0.203. The number of nitrogens with one attached hydrogen (secondary N) is 1. The van der Waals surface area contributed by atoms with Crippen LogP contribution in [0.25, 0.3) is 0 Å². The molecule has 0 aliphatic heterocycles. The first kappa shape index (κ1) is 14.2. The van der Waals surface area contributed by atoms with Crippen molar-refractivity contribution in [3.63, 3.8) is 0 Å². The predicted octanol–water partition coefficient (Wildman–Crippen LogP) is 4.83. The number of carbonyl (C=O) groups excluding carboxylic acids is 1. The van der Waals surface area contributed by atoms with Crippen molar-refractivity contribution in [1.29, 1.82) is 0 Å². The van der Waals surface area contributed by atoms with Gasteiger partial charge in [-0.15, -0.1) is 11.3 Å². The Balaban J connectivity index is 2.26. The van der Waals surface area contributed by atoms with Gasteiger partial charge in [0.1, 0.15) is 5.82 Å². The first-order chi connectivity index (χ1) is 8.88. The summed E-state index contributed by atoms with van der Waals surface area (Å²) in [5.74, 6) is -0.592. The highest BCUT2D eigenvalue weighted by atomic mass is 79.9. The van der Waals surface area contributed by atoms with Crippen molar-refractivity contribution in [3.05, 3.63) is 49.4 Å². The Kier molecular flexibility index (Phi) is 4.06. The summed E-state index contributed by atoms with van der Waals surface area (Å²) < 4.78 is 13.9. The molecule has 0 aliphatic carbocycles.